The summed E-state index contributed by atoms with van der Waals surface area (Å²) >= 11 is 0. The van der Waals surface area contributed by atoms with Gasteiger partial charge in [0, 0.05) is 6.61 Å². The van der Waals surface area contributed by atoms with E-state index in [1.54, 1.807) is 0 Å². The summed E-state index contributed by atoms with van der Waals surface area (Å²) in [6, 6.07) is 7.94. The molecule has 4 nitrogen and oxygen atoms in total. The average molecular weight is 262 g/mol. The molecule has 2 unspecified atom stereocenters. The van der Waals surface area contributed by atoms with Gasteiger partial charge in [0.2, 0.25) is 0 Å². The molecule has 4 heteroatoms. The molecule has 0 bridgehead atoms. The maximum Gasteiger partial charge on any atom is 0.312 e. The molecule has 0 saturated carbocycles. The number of hydrogen-bond acceptors (Lipinski definition) is 3. The summed E-state index contributed by atoms with van der Waals surface area (Å²) in [5.74, 6) is 0.426. The van der Waals surface area contributed by atoms with Gasteiger partial charge in [0.15, 0.2) is 0 Å². The minimum Gasteiger partial charge on any atom is -0.493 e. The van der Waals surface area contributed by atoms with Gasteiger partial charge in [0.05, 0.1) is 18.6 Å². The van der Waals surface area contributed by atoms with Crippen molar-refractivity contribution in [3.05, 3.63) is 29.8 Å². The molecular weight excluding hydrogens is 244 g/mol. The minimum absolute atomic E-state index is 0.253. The second-order valence-electron chi connectivity index (χ2n) is 5.46. The highest BCUT2D eigenvalue weighted by Crippen LogP contribution is 2.44. The minimum atomic E-state index is -0.728. The second-order valence-corrected chi connectivity index (χ2v) is 5.46. The van der Waals surface area contributed by atoms with Crippen molar-refractivity contribution < 1.29 is 19.4 Å². The number of ether oxygens (including phenoxy) is 2. The second kappa shape index (κ2) is 4.85. The van der Waals surface area contributed by atoms with E-state index in [2.05, 4.69) is 0 Å². The monoisotopic (exact) mass is 262 g/mol. The number of hydrogen-bond donors (Lipinski definition) is 1. The Hall–Kier alpha value is -1.55. The van der Waals surface area contributed by atoms with Crippen molar-refractivity contribution in [2.75, 3.05) is 19.8 Å². The molecule has 2 aliphatic rings. The molecule has 2 heterocycles. The van der Waals surface area contributed by atoms with Crippen LogP contribution in [-0.4, -0.2) is 30.9 Å². The molecule has 0 aliphatic carbocycles. The largest absolute Gasteiger partial charge is 0.493 e. The van der Waals surface area contributed by atoms with Crippen molar-refractivity contribution >= 4 is 5.97 Å². The molecule has 102 valence electrons. The van der Waals surface area contributed by atoms with Gasteiger partial charge in [0.25, 0.3) is 0 Å². The first kappa shape index (κ1) is 12.5. The van der Waals surface area contributed by atoms with Gasteiger partial charge < -0.3 is 14.6 Å². The standard InChI is InChI=1S/C15H18O4/c16-14(17)15(6-8-18-10-15)9-11-5-7-19-13-4-2-1-3-12(11)13/h1-4,11H,5-10H2,(H,16,17). The SMILES string of the molecule is O=C(O)C1(CC2CCOc3ccccc32)CCOC1. The first-order valence-electron chi connectivity index (χ1n) is 6.74. The lowest BCUT2D eigenvalue weighted by Gasteiger charge is -2.31. The van der Waals surface area contributed by atoms with Crippen LogP contribution in [0.2, 0.25) is 0 Å². The maximum atomic E-state index is 11.6. The van der Waals surface area contributed by atoms with Gasteiger partial charge in [-0.05, 0) is 36.8 Å². The third-order valence-corrected chi connectivity index (χ3v) is 4.28. The maximum absolute atomic E-state index is 11.6. The third-order valence-electron chi connectivity index (χ3n) is 4.28. The summed E-state index contributed by atoms with van der Waals surface area (Å²) in [4.78, 5) is 11.6. The van der Waals surface area contributed by atoms with Crippen molar-refractivity contribution in [3.63, 3.8) is 0 Å². The van der Waals surface area contributed by atoms with Gasteiger partial charge in [-0.2, -0.15) is 0 Å². The summed E-state index contributed by atoms with van der Waals surface area (Å²) < 4.78 is 11.0. The number of carbonyl (C=O) groups is 1. The van der Waals surface area contributed by atoms with Crippen molar-refractivity contribution in [3.8, 4) is 5.75 Å². The fourth-order valence-corrected chi connectivity index (χ4v) is 3.12. The van der Waals surface area contributed by atoms with Crippen LogP contribution in [0.3, 0.4) is 0 Å². The molecule has 2 atom stereocenters. The lowest BCUT2D eigenvalue weighted by atomic mass is 9.75. The van der Waals surface area contributed by atoms with Crippen LogP contribution < -0.4 is 4.74 Å². The van der Waals surface area contributed by atoms with Crippen molar-refractivity contribution in [2.45, 2.75) is 25.2 Å². The topological polar surface area (TPSA) is 55.8 Å². The fraction of sp³-hybridized carbons (Fsp3) is 0.533. The third kappa shape index (κ3) is 2.21. The number of carboxylic acid groups (broad SMARTS) is 1. The molecule has 3 rings (SSSR count). The molecule has 1 aromatic carbocycles. The molecule has 0 aromatic heterocycles. The molecule has 0 radical (unpaired) electrons. The van der Waals surface area contributed by atoms with Crippen LogP contribution in [0.15, 0.2) is 24.3 Å². The molecule has 0 spiro atoms. The lowest BCUT2D eigenvalue weighted by molar-refractivity contribution is -0.149. The van der Waals surface area contributed by atoms with E-state index in [1.165, 1.54) is 0 Å². The van der Waals surface area contributed by atoms with Gasteiger partial charge in [0.1, 0.15) is 5.75 Å². The van der Waals surface area contributed by atoms with E-state index in [9.17, 15) is 9.90 Å². The predicted molar refractivity (Wildman–Crippen MR) is 69.4 cm³/mol. The zero-order chi connectivity index (χ0) is 13.3. The normalized spacial score (nSPS) is 29.6. The van der Waals surface area contributed by atoms with Gasteiger partial charge in [-0.1, -0.05) is 18.2 Å². The molecule has 0 amide bonds. The first-order valence-corrected chi connectivity index (χ1v) is 6.74. The molecular formula is C15H18O4. The first-order chi connectivity index (χ1) is 9.21. The quantitative estimate of drug-likeness (QED) is 0.909. The predicted octanol–water partition coefficient (Wildman–Crippen LogP) is 2.43. The van der Waals surface area contributed by atoms with Gasteiger partial charge >= 0.3 is 5.97 Å². The van der Waals surface area contributed by atoms with Gasteiger partial charge in [-0.3, -0.25) is 4.79 Å². The highest BCUT2D eigenvalue weighted by Gasteiger charge is 2.45. The summed E-state index contributed by atoms with van der Waals surface area (Å²) in [7, 11) is 0. The number of benzene rings is 1. The molecule has 1 fully saturated rings. The van der Waals surface area contributed by atoms with E-state index >= 15 is 0 Å². The molecule has 19 heavy (non-hydrogen) atoms. The fourth-order valence-electron chi connectivity index (χ4n) is 3.12. The number of para-hydroxylation sites is 1. The van der Waals surface area contributed by atoms with Gasteiger partial charge in [-0.25, -0.2) is 0 Å². The Kier molecular flexibility index (Phi) is 3.19. The Morgan fingerprint density at radius 2 is 2.21 bits per heavy atom. The van der Waals surface area contributed by atoms with E-state index in [0.717, 1.165) is 17.7 Å². The van der Waals surface area contributed by atoms with Crippen LogP contribution in [0.4, 0.5) is 0 Å². The Balaban J connectivity index is 1.86. The van der Waals surface area contributed by atoms with E-state index in [4.69, 9.17) is 9.47 Å². The number of aliphatic carboxylic acids is 1. The molecule has 1 N–H and O–H groups in total. The van der Waals surface area contributed by atoms with E-state index < -0.39 is 11.4 Å². The Labute approximate surface area is 112 Å². The van der Waals surface area contributed by atoms with Crippen LogP contribution in [0, 0.1) is 5.41 Å². The van der Waals surface area contributed by atoms with Crippen LogP contribution in [0.25, 0.3) is 0 Å². The smallest absolute Gasteiger partial charge is 0.312 e. The molecule has 2 aliphatic heterocycles. The summed E-state index contributed by atoms with van der Waals surface area (Å²) in [6.45, 7) is 1.55. The highest BCUT2D eigenvalue weighted by molar-refractivity contribution is 5.75. The van der Waals surface area contributed by atoms with Crippen LogP contribution in [0.5, 0.6) is 5.75 Å². The molecule has 1 saturated heterocycles. The highest BCUT2D eigenvalue weighted by atomic mass is 16.5. The van der Waals surface area contributed by atoms with Gasteiger partial charge in [-0.15, -0.1) is 0 Å². The van der Waals surface area contributed by atoms with E-state index in [1.807, 2.05) is 24.3 Å². The van der Waals surface area contributed by atoms with Crippen molar-refractivity contribution in [1.82, 2.24) is 0 Å². The van der Waals surface area contributed by atoms with Crippen LogP contribution >= 0.6 is 0 Å². The Bertz CT molecular complexity index is 477. The van der Waals surface area contributed by atoms with Crippen molar-refractivity contribution in [2.24, 2.45) is 5.41 Å². The van der Waals surface area contributed by atoms with Crippen molar-refractivity contribution in [1.29, 1.82) is 0 Å². The van der Waals surface area contributed by atoms with Crippen LogP contribution in [0.1, 0.15) is 30.7 Å². The number of carboxylic acids is 1. The Morgan fingerprint density at radius 1 is 1.37 bits per heavy atom. The van der Waals surface area contributed by atoms with E-state index in [0.29, 0.717) is 32.7 Å². The van der Waals surface area contributed by atoms with E-state index in [-0.39, 0.29) is 5.92 Å². The number of rotatable bonds is 3. The zero-order valence-electron chi connectivity index (χ0n) is 10.8. The summed E-state index contributed by atoms with van der Waals surface area (Å²) in [6.07, 6.45) is 2.14. The number of fused-ring (bicyclic) bond motifs is 1. The summed E-state index contributed by atoms with van der Waals surface area (Å²) in [5.41, 5.74) is 0.427. The summed E-state index contributed by atoms with van der Waals surface area (Å²) in [5, 5.41) is 9.53. The lowest BCUT2D eigenvalue weighted by Crippen LogP contribution is -2.34. The average Bonchev–Trinajstić information content (AvgIpc) is 2.89. The molecule has 1 aromatic rings. The zero-order valence-corrected chi connectivity index (χ0v) is 10.8. The Morgan fingerprint density at radius 3 is 2.95 bits per heavy atom. The van der Waals surface area contributed by atoms with Crippen LogP contribution in [-0.2, 0) is 9.53 Å².